The third-order valence-corrected chi connectivity index (χ3v) is 6.22. The van der Waals surface area contributed by atoms with Crippen LogP contribution in [0.2, 0.25) is 0 Å². The van der Waals surface area contributed by atoms with Crippen LogP contribution in [0.15, 0.2) is 0 Å². The molecule has 1 unspecified atom stereocenters. The van der Waals surface area contributed by atoms with Crippen LogP contribution in [-0.2, 0) is 9.53 Å². The summed E-state index contributed by atoms with van der Waals surface area (Å²) in [5, 5.41) is 0. The average molecular weight is 464 g/mol. The Balaban J connectivity index is 0. The molecular weight excluding hydrogens is 423 g/mol. The molecule has 0 bridgehead atoms. The highest BCUT2D eigenvalue weighted by Crippen LogP contribution is 2.28. The molecule has 2 fully saturated rings. The SMILES string of the molecule is CCC(CC)(CN)C(=O)N1CCN(CC2CN(C(C)C)CCO2)CC1.Cl.Cl.Cl. The number of morpholine rings is 1. The number of rotatable bonds is 7. The molecule has 2 aliphatic rings. The van der Waals surface area contributed by atoms with Gasteiger partial charge in [0.15, 0.2) is 0 Å². The first-order chi connectivity index (χ1) is 12.0. The van der Waals surface area contributed by atoms with Gasteiger partial charge < -0.3 is 15.4 Å². The molecule has 1 amide bonds. The summed E-state index contributed by atoms with van der Waals surface area (Å²) < 4.78 is 5.96. The molecular formula is C19H41Cl3N4O2. The van der Waals surface area contributed by atoms with Crippen LogP contribution in [0, 0.1) is 5.41 Å². The number of ether oxygens (including phenoxy) is 1. The summed E-state index contributed by atoms with van der Waals surface area (Å²) in [7, 11) is 0. The number of amides is 1. The van der Waals surface area contributed by atoms with Crippen LogP contribution in [-0.4, -0.2) is 91.7 Å². The first-order valence-corrected chi connectivity index (χ1v) is 10.0. The molecule has 2 rings (SSSR count). The first-order valence-electron chi connectivity index (χ1n) is 10.0. The molecule has 0 aromatic heterocycles. The summed E-state index contributed by atoms with van der Waals surface area (Å²) in [6, 6.07) is 0.577. The minimum Gasteiger partial charge on any atom is -0.374 e. The molecule has 0 aromatic rings. The maximum absolute atomic E-state index is 12.9. The monoisotopic (exact) mass is 462 g/mol. The minimum atomic E-state index is -0.369. The van der Waals surface area contributed by atoms with Crippen molar-refractivity contribution in [2.24, 2.45) is 11.1 Å². The fraction of sp³-hybridized carbons (Fsp3) is 0.947. The summed E-state index contributed by atoms with van der Waals surface area (Å²) in [4.78, 5) is 19.9. The lowest BCUT2D eigenvalue weighted by Crippen LogP contribution is -2.57. The van der Waals surface area contributed by atoms with Gasteiger partial charge in [-0.05, 0) is 26.7 Å². The highest BCUT2D eigenvalue weighted by molar-refractivity contribution is 5.86. The van der Waals surface area contributed by atoms with Crippen LogP contribution in [0.25, 0.3) is 0 Å². The Morgan fingerprint density at radius 3 is 2.11 bits per heavy atom. The Morgan fingerprint density at radius 2 is 1.64 bits per heavy atom. The van der Waals surface area contributed by atoms with Gasteiger partial charge in [0, 0.05) is 58.4 Å². The van der Waals surface area contributed by atoms with Gasteiger partial charge in [-0.2, -0.15) is 0 Å². The zero-order valence-corrected chi connectivity index (χ0v) is 20.3. The van der Waals surface area contributed by atoms with Crippen molar-refractivity contribution >= 4 is 43.1 Å². The second-order valence-electron chi connectivity index (χ2n) is 7.87. The van der Waals surface area contributed by atoms with E-state index in [1.54, 1.807) is 0 Å². The average Bonchev–Trinajstić information content (AvgIpc) is 2.64. The summed E-state index contributed by atoms with van der Waals surface area (Å²) >= 11 is 0. The summed E-state index contributed by atoms with van der Waals surface area (Å²) in [6.45, 7) is 16.4. The molecule has 2 saturated heterocycles. The topological polar surface area (TPSA) is 62.0 Å². The molecule has 0 radical (unpaired) electrons. The van der Waals surface area contributed by atoms with Gasteiger partial charge in [-0.1, -0.05) is 13.8 Å². The van der Waals surface area contributed by atoms with E-state index in [0.717, 1.165) is 65.3 Å². The van der Waals surface area contributed by atoms with E-state index < -0.39 is 0 Å². The number of halogens is 3. The van der Waals surface area contributed by atoms with Gasteiger partial charge in [0.25, 0.3) is 0 Å². The number of carbonyl (C=O) groups is 1. The maximum atomic E-state index is 12.9. The van der Waals surface area contributed by atoms with E-state index in [1.165, 1.54) is 0 Å². The Bertz CT molecular complexity index is 423. The highest BCUT2D eigenvalue weighted by Gasteiger charge is 2.38. The number of hydrogen-bond donors (Lipinski definition) is 1. The van der Waals surface area contributed by atoms with Crippen LogP contribution in [0.5, 0.6) is 0 Å². The van der Waals surface area contributed by atoms with Crippen LogP contribution < -0.4 is 5.73 Å². The Morgan fingerprint density at radius 1 is 1.07 bits per heavy atom. The van der Waals surface area contributed by atoms with Crippen molar-refractivity contribution in [3.63, 3.8) is 0 Å². The van der Waals surface area contributed by atoms with Crippen LogP contribution in [0.1, 0.15) is 40.5 Å². The van der Waals surface area contributed by atoms with Gasteiger partial charge in [0.05, 0.1) is 18.1 Å². The van der Waals surface area contributed by atoms with E-state index in [9.17, 15) is 4.79 Å². The Labute approximate surface area is 190 Å². The molecule has 28 heavy (non-hydrogen) atoms. The molecule has 0 aliphatic carbocycles. The van der Waals surface area contributed by atoms with Gasteiger partial charge in [0.2, 0.25) is 5.91 Å². The van der Waals surface area contributed by atoms with Crippen molar-refractivity contribution in [1.82, 2.24) is 14.7 Å². The van der Waals surface area contributed by atoms with E-state index in [4.69, 9.17) is 10.5 Å². The Hall–Kier alpha value is 0.180. The molecule has 1 atom stereocenters. The lowest BCUT2D eigenvalue weighted by Gasteiger charge is -2.42. The molecule has 2 aliphatic heterocycles. The Kier molecular flexibility index (Phi) is 15.4. The predicted octanol–water partition coefficient (Wildman–Crippen LogP) is 2.27. The number of piperazine rings is 1. The third-order valence-electron chi connectivity index (χ3n) is 6.22. The second-order valence-corrected chi connectivity index (χ2v) is 7.87. The quantitative estimate of drug-likeness (QED) is 0.627. The molecule has 0 saturated carbocycles. The minimum absolute atomic E-state index is 0. The van der Waals surface area contributed by atoms with E-state index in [0.29, 0.717) is 12.6 Å². The number of hydrogen-bond acceptors (Lipinski definition) is 5. The predicted molar refractivity (Wildman–Crippen MR) is 123 cm³/mol. The van der Waals surface area contributed by atoms with E-state index >= 15 is 0 Å². The van der Waals surface area contributed by atoms with E-state index in [2.05, 4.69) is 37.5 Å². The smallest absolute Gasteiger partial charge is 0.230 e. The van der Waals surface area contributed by atoms with Gasteiger partial charge in [0.1, 0.15) is 0 Å². The standard InChI is InChI=1S/C19H38N4O2.3ClH/c1-5-19(6-2,15-20)18(24)22-9-7-21(8-10-22)13-17-14-23(16(3)4)11-12-25-17;;;/h16-17H,5-15,20H2,1-4H3;3*1H. The lowest BCUT2D eigenvalue weighted by atomic mass is 9.81. The highest BCUT2D eigenvalue weighted by atomic mass is 35.5. The third kappa shape index (κ3) is 7.46. The summed E-state index contributed by atoms with van der Waals surface area (Å²) in [5.41, 5.74) is 5.58. The van der Waals surface area contributed by atoms with E-state index in [-0.39, 0.29) is 54.6 Å². The van der Waals surface area contributed by atoms with Crippen molar-refractivity contribution in [3.8, 4) is 0 Å². The number of nitrogens with zero attached hydrogens (tertiary/aromatic N) is 3. The van der Waals surface area contributed by atoms with Crippen molar-refractivity contribution in [2.75, 3.05) is 59.0 Å². The largest absolute Gasteiger partial charge is 0.374 e. The van der Waals surface area contributed by atoms with Crippen LogP contribution >= 0.6 is 37.2 Å². The fourth-order valence-electron chi connectivity index (χ4n) is 4.01. The molecule has 170 valence electrons. The van der Waals surface area contributed by atoms with Crippen molar-refractivity contribution in [2.45, 2.75) is 52.7 Å². The molecule has 2 heterocycles. The summed E-state index contributed by atoms with van der Waals surface area (Å²) in [5.74, 6) is 0.250. The lowest BCUT2D eigenvalue weighted by molar-refractivity contribution is -0.144. The van der Waals surface area contributed by atoms with Crippen molar-refractivity contribution in [1.29, 1.82) is 0 Å². The van der Waals surface area contributed by atoms with Crippen LogP contribution in [0.3, 0.4) is 0 Å². The van der Waals surface area contributed by atoms with Crippen molar-refractivity contribution in [3.05, 3.63) is 0 Å². The number of carbonyl (C=O) groups excluding carboxylic acids is 1. The van der Waals surface area contributed by atoms with Crippen LogP contribution in [0.4, 0.5) is 0 Å². The van der Waals surface area contributed by atoms with E-state index in [1.807, 2.05) is 4.90 Å². The zero-order chi connectivity index (χ0) is 18.4. The maximum Gasteiger partial charge on any atom is 0.230 e. The fourth-order valence-corrected chi connectivity index (χ4v) is 4.01. The van der Waals surface area contributed by atoms with Crippen molar-refractivity contribution < 1.29 is 9.53 Å². The van der Waals surface area contributed by atoms with Gasteiger partial charge >= 0.3 is 0 Å². The number of nitrogens with two attached hydrogens (primary N) is 1. The first kappa shape index (κ1) is 30.4. The molecule has 6 nitrogen and oxygen atoms in total. The zero-order valence-electron chi connectivity index (χ0n) is 17.9. The molecule has 2 N–H and O–H groups in total. The normalized spacial score (nSPS) is 21.5. The second kappa shape index (κ2) is 14.2. The van der Waals surface area contributed by atoms with Gasteiger partial charge in [-0.15, -0.1) is 37.2 Å². The van der Waals surface area contributed by atoms with Gasteiger partial charge in [-0.25, -0.2) is 0 Å². The molecule has 0 spiro atoms. The molecule has 9 heteroatoms. The van der Waals surface area contributed by atoms with Gasteiger partial charge in [-0.3, -0.25) is 14.6 Å². The molecule has 0 aromatic carbocycles. The summed E-state index contributed by atoms with van der Waals surface area (Å²) in [6.07, 6.45) is 1.92.